The predicted octanol–water partition coefficient (Wildman–Crippen LogP) is 2.03. The molecule has 1 saturated heterocycles. The van der Waals surface area contributed by atoms with Gasteiger partial charge in [-0.2, -0.15) is 0 Å². The van der Waals surface area contributed by atoms with E-state index in [1.165, 1.54) is 24.1 Å². The lowest BCUT2D eigenvalue weighted by Gasteiger charge is -2.36. The van der Waals surface area contributed by atoms with Gasteiger partial charge in [-0.1, -0.05) is 18.2 Å². The Balaban J connectivity index is 1.45. The molecule has 1 amide bonds. The first-order valence-electron chi connectivity index (χ1n) is 8.46. The summed E-state index contributed by atoms with van der Waals surface area (Å²) < 4.78 is 0. The Hall–Kier alpha value is -1.55. The van der Waals surface area contributed by atoms with E-state index in [-0.39, 0.29) is 5.91 Å². The molecule has 0 radical (unpaired) electrons. The summed E-state index contributed by atoms with van der Waals surface area (Å²) in [7, 11) is 0. The molecule has 120 valence electrons. The first-order chi connectivity index (χ1) is 10.6. The van der Waals surface area contributed by atoms with Crippen molar-refractivity contribution in [2.45, 2.75) is 32.7 Å². The Morgan fingerprint density at radius 3 is 2.55 bits per heavy atom. The van der Waals surface area contributed by atoms with Crippen LogP contribution in [0, 0.1) is 12.8 Å². The van der Waals surface area contributed by atoms with E-state index in [1.807, 2.05) is 0 Å². The summed E-state index contributed by atoms with van der Waals surface area (Å²) >= 11 is 0. The second kappa shape index (κ2) is 6.69. The molecule has 1 aromatic rings. The molecular weight excluding hydrogens is 274 g/mol. The maximum atomic E-state index is 12.1. The first-order valence-corrected chi connectivity index (χ1v) is 8.46. The van der Waals surface area contributed by atoms with Crippen LogP contribution in [0.15, 0.2) is 24.3 Å². The monoisotopic (exact) mass is 301 g/mol. The van der Waals surface area contributed by atoms with Gasteiger partial charge in [-0.25, -0.2) is 0 Å². The van der Waals surface area contributed by atoms with Crippen molar-refractivity contribution in [3.8, 4) is 0 Å². The number of aryl methyl sites for hydroxylation is 1. The summed E-state index contributed by atoms with van der Waals surface area (Å²) in [6, 6.07) is 8.88. The SMILES string of the molecule is Cc1ccccc1N1CCN(CC(=O)N[C@@H](C)C2CC2)CC1. The highest BCUT2D eigenvalue weighted by atomic mass is 16.2. The lowest BCUT2D eigenvalue weighted by Crippen LogP contribution is -2.50. The van der Waals surface area contributed by atoms with Crippen LogP contribution < -0.4 is 10.2 Å². The number of amides is 1. The van der Waals surface area contributed by atoms with E-state index in [0.29, 0.717) is 12.6 Å². The molecule has 1 saturated carbocycles. The number of carbonyl (C=O) groups excluding carboxylic acids is 1. The minimum absolute atomic E-state index is 0.184. The normalized spacial score (nSPS) is 20.7. The van der Waals surface area contributed by atoms with Crippen LogP contribution >= 0.6 is 0 Å². The van der Waals surface area contributed by atoms with Gasteiger partial charge in [-0.15, -0.1) is 0 Å². The number of rotatable bonds is 5. The molecule has 22 heavy (non-hydrogen) atoms. The minimum Gasteiger partial charge on any atom is -0.369 e. The number of para-hydroxylation sites is 1. The van der Waals surface area contributed by atoms with Crippen molar-refractivity contribution < 1.29 is 4.79 Å². The lowest BCUT2D eigenvalue weighted by molar-refractivity contribution is -0.123. The molecule has 3 rings (SSSR count). The zero-order valence-electron chi connectivity index (χ0n) is 13.7. The quantitative estimate of drug-likeness (QED) is 0.904. The van der Waals surface area contributed by atoms with Crippen molar-refractivity contribution in [3.63, 3.8) is 0 Å². The molecule has 2 aliphatic rings. The third kappa shape index (κ3) is 3.80. The number of hydrogen-bond acceptors (Lipinski definition) is 3. The lowest BCUT2D eigenvalue weighted by atomic mass is 10.1. The molecule has 1 aliphatic carbocycles. The van der Waals surface area contributed by atoms with Crippen LogP contribution in [0.3, 0.4) is 0 Å². The summed E-state index contributed by atoms with van der Waals surface area (Å²) in [5, 5.41) is 3.15. The number of benzene rings is 1. The van der Waals surface area contributed by atoms with E-state index in [1.54, 1.807) is 0 Å². The van der Waals surface area contributed by atoms with Crippen LogP contribution in [0.2, 0.25) is 0 Å². The fourth-order valence-corrected chi connectivity index (χ4v) is 3.28. The van der Waals surface area contributed by atoms with Crippen LogP contribution in [0.1, 0.15) is 25.3 Å². The standard InChI is InChI=1S/C18H27N3O/c1-14-5-3-4-6-17(14)21-11-9-20(10-12-21)13-18(22)19-15(2)16-7-8-16/h3-6,15-16H,7-13H2,1-2H3,(H,19,22)/t15-/m0/s1. The van der Waals surface area contributed by atoms with Gasteiger partial charge in [0.2, 0.25) is 5.91 Å². The maximum absolute atomic E-state index is 12.1. The van der Waals surface area contributed by atoms with Gasteiger partial charge < -0.3 is 10.2 Å². The molecule has 2 fully saturated rings. The van der Waals surface area contributed by atoms with E-state index in [4.69, 9.17) is 0 Å². The van der Waals surface area contributed by atoms with Gasteiger partial charge >= 0.3 is 0 Å². The summed E-state index contributed by atoms with van der Waals surface area (Å²) in [6.45, 7) is 8.74. The van der Waals surface area contributed by atoms with Crippen molar-refractivity contribution in [3.05, 3.63) is 29.8 Å². The molecule has 4 nitrogen and oxygen atoms in total. The van der Waals surface area contributed by atoms with Crippen LogP contribution in [-0.2, 0) is 4.79 Å². The smallest absolute Gasteiger partial charge is 0.234 e. The molecule has 1 aliphatic heterocycles. The fourth-order valence-electron chi connectivity index (χ4n) is 3.28. The Labute approximate surface area is 133 Å². The number of carbonyl (C=O) groups is 1. The largest absolute Gasteiger partial charge is 0.369 e. The second-order valence-corrected chi connectivity index (χ2v) is 6.74. The van der Waals surface area contributed by atoms with Crippen LogP contribution in [0.4, 0.5) is 5.69 Å². The van der Waals surface area contributed by atoms with Gasteiger partial charge in [0.05, 0.1) is 6.54 Å². The number of nitrogens with zero attached hydrogens (tertiary/aromatic N) is 2. The average molecular weight is 301 g/mol. The fraction of sp³-hybridized carbons (Fsp3) is 0.611. The molecule has 1 aromatic carbocycles. The van der Waals surface area contributed by atoms with E-state index in [9.17, 15) is 4.79 Å². The van der Waals surface area contributed by atoms with E-state index in [2.05, 4.69) is 53.2 Å². The highest BCUT2D eigenvalue weighted by molar-refractivity contribution is 5.78. The van der Waals surface area contributed by atoms with Crippen molar-refractivity contribution in [1.29, 1.82) is 0 Å². The zero-order chi connectivity index (χ0) is 15.5. The third-order valence-electron chi connectivity index (χ3n) is 4.91. The van der Waals surface area contributed by atoms with Crippen molar-refractivity contribution in [2.75, 3.05) is 37.6 Å². The van der Waals surface area contributed by atoms with Gasteiger partial charge in [0.25, 0.3) is 0 Å². The Morgan fingerprint density at radius 2 is 1.91 bits per heavy atom. The molecule has 0 unspecified atom stereocenters. The second-order valence-electron chi connectivity index (χ2n) is 6.74. The third-order valence-corrected chi connectivity index (χ3v) is 4.91. The number of nitrogens with one attached hydrogen (secondary N) is 1. The number of hydrogen-bond donors (Lipinski definition) is 1. The van der Waals surface area contributed by atoms with Gasteiger partial charge in [0.15, 0.2) is 0 Å². The highest BCUT2D eigenvalue weighted by Crippen LogP contribution is 2.32. The summed E-state index contributed by atoms with van der Waals surface area (Å²) in [5.74, 6) is 0.908. The topological polar surface area (TPSA) is 35.6 Å². The number of piperazine rings is 1. The molecular formula is C18H27N3O. The molecule has 1 heterocycles. The Kier molecular flexibility index (Phi) is 4.67. The predicted molar refractivity (Wildman–Crippen MR) is 90.2 cm³/mol. The van der Waals surface area contributed by atoms with Gasteiger partial charge in [-0.05, 0) is 44.2 Å². The van der Waals surface area contributed by atoms with Crippen molar-refractivity contribution in [2.24, 2.45) is 5.92 Å². The van der Waals surface area contributed by atoms with E-state index >= 15 is 0 Å². The Bertz CT molecular complexity index is 519. The minimum atomic E-state index is 0.184. The molecule has 0 bridgehead atoms. The van der Waals surface area contributed by atoms with E-state index < -0.39 is 0 Å². The zero-order valence-corrected chi connectivity index (χ0v) is 13.7. The highest BCUT2D eigenvalue weighted by Gasteiger charge is 2.29. The van der Waals surface area contributed by atoms with Crippen LogP contribution in [0.5, 0.6) is 0 Å². The van der Waals surface area contributed by atoms with Crippen LogP contribution in [0.25, 0.3) is 0 Å². The van der Waals surface area contributed by atoms with Crippen molar-refractivity contribution in [1.82, 2.24) is 10.2 Å². The molecule has 1 atom stereocenters. The summed E-state index contributed by atoms with van der Waals surface area (Å²) in [4.78, 5) is 16.8. The van der Waals surface area contributed by atoms with E-state index in [0.717, 1.165) is 32.1 Å². The van der Waals surface area contributed by atoms with Gasteiger partial charge in [0, 0.05) is 37.9 Å². The molecule has 1 N–H and O–H groups in total. The maximum Gasteiger partial charge on any atom is 0.234 e. The van der Waals surface area contributed by atoms with Gasteiger partial charge in [-0.3, -0.25) is 9.69 Å². The molecule has 4 heteroatoms. The van der Waals surface area contributed by atoms with Gasteiger partial charge in [0.1, 0.15) is 0 Å². The van der Waals surface area contributed by atoms with Crippen LogP contribution in [-0.4, -0.2) is 49.6 Å². The number of anilines is 1. The Morgan fingerprint density at radius 1 is 1.23 bits per heavy atom. The molecule has 0 spiro atoms. The molecule has 0 aromatic heterocycles. The first kappa shape index (κ1) is 15.3. The van der Waals surface area contributed by atoms with Crippen molar-refractivity contribution >= 4 is 11.6 Å². The summed E-state index contributed by atoms with van der Waals surface area (Å²) in [5.41, 5.74) is 2.65. The summed E-state index contributed by atoms with van der Waals surface area (Å²) in [6.07, 6.45) is 2.55. The average Bonchev–Trinajstić information content (AvgIpc) is 3.33.